The molecule has 0 N–H and O–H groups in total. The standard InChI is InChI=1S/C16H30N2/c1-13-7-8-16(14(13)2)18-11-5-10-17-9-4-3-6-15(17)12-18/h13-16H,3-12H2,1-2H3. The first-order valence-corrected chi connectivity index (χ1v) is 8.24. The Kier molecular flexibility index (Phi) is 3.95. The molecule has 0 bridgehead atoms. The van der Waals surface area contributed by atoms with Crippen LogP contribution in [0.1, 0.15) is 52.4 Å². The highest BCUT2D eigenvalue weighted by Crippen LogP contribution is 2.36. The van der Waals surface area contributed by atoms with E-state index in [0.29, 0.717) is 0 Å². The second-order valence-electron chi connectivity index (χ2n) is 7.02. The summed E-state index contributed by atoms with van der Waals surface area (Å²) in [6, 6.07) is 1.77. The Morgan fingerprint density at radius 2 is 1.56 bits per heavy atom. The minimum Gasteiger partial charge on any atom is -0.299 e. The van der Waals surface area contributed by atoms with Gasteiger partial charge in [0.05, 0.1) is 0 Å². The zero-order valence-corrected chi connectivity index (χ0v) is 12.3. The third-order valence-electron chi connectivity index (χ3n) is 5.98. The van der Waals surface area contributed by atoms with Crippen LogP contribution >= 0.6 is 0 Å². The molecular weight excluding hydrogens is 220 g/mol. The van der Waals surface area contributed by atoms with Crippen molar-refractivity contribution in [1.29, 1.82) is 0 Å². The highest BCUT2D eigenvalue weighted by molar-refractivity contribution is 4.91. The monoisotopic (exact) mass is 250 g/mol. The Morgan fingerprint density at radius 3 is 2.33 bits per heavy atom. The van der Waals surface area contributed by atoms with Gasteiger partial charge in [-0.05, 0) is 63.6 Å². The molecule has 4 unspecified atom stereocenters. The second kappa shape index (κ2) is 5.50. The number of hydrogen-bond donors (Lipinski definition) is 0. The lowest BCUT2D eigenvalue weighted by molar-refractivity contribution is 0.106. The molecular formula is C16H30N2. The molecule has 3 fully saturated rings. The van der Waals surface area contributed by atoms with Gasteiger partial charge in [0.1, 0.15) is 0 Å². The molecule has 0 spiro atoms. The molecule has 0 aromatic carbocycles. The highest BCUT2D eigenvalue weighted by Gasteiger charge is 2.36. The zero-order chi connectivity index (χ0) is 12.5. The topological polar surface area (TPSA) is 6.48 Å². The molecule has 1 aliphatic carbocycles. The van der Waals surface area contributed by atoms with Crippen LogP contribution in [0.5, 0.6) is 0 Å². The molecule has 2 saturated heterocycles. The fourth-order valence-corrected chi connectivity index (χ4v) is 4.56. The van der Waals surface area contributed by atoms with Crippen molar-refractivity contribution >= 4 is 0 Å². The van der Waals surface area contributed by atoms with Crippen molar-refractivity contribution in [1.82, 2.24) is 9.80 Å². The molecule has 2 heteroatoms. The summed E-state index contributed by atoms with van der Waals surface area (Å²) in [5, 5.41) is 0. The van der Waals surface area contributed by atoms with E-state index in [0.717, 1.165) is 23.9 Å². The minimum atomic E-state index is 0.879. The maximum Gasteiger partial charge on any atom is 0.0223 e. The van der Waals surface area contributed by atoms with Gasteiger partial charge in [-0.1, -0.05) is 20.3 Å². The summed E-state index contributed by atoms with van der Waals surface area (Å²) in [6.07, 6.45) is 8.66. The van der Waals surface area contributed by atoms with Crippen molar-refractivity contribution in [3.63, 3.8) is 0 Å². The molecule has 0 aromatic heterocycles. The molecule has 2 nitrogen and oxygen atoms in total. The summed E-state index contributed by atoms with van der Waals surface area (Å²) in [7, 11) is 0. The first kappa shape index (κ1) is 12.9. The predicted octanol–water partition coefficient (Wildman–Crippen LogP) is 2.98. The van der Waals surface area contributed by atoms with Crippen molar-refractivity contribution in [2.24, 2.45) is 11.8 Å². The van der Waals surface area contributed by atoms with Crippen LogP contribution in [0.2, 0.25) is 0 Å². The summed E-state index contributed by atoms with van der Waals surface area (Å²) >= 11 is 0. The number of piperidine rings is 1. The SMILES string of the molecule is CC1CCC(N2CCCN3CCCCC3C2)C1C. The Labute approximate surface area is 113 Å². The molecule has 104 valence electrons. The Balaban J connectivity index is 1.66. The van der Waals surface area contributed by atoms with Crippen molar-refractivity contribution in [2.45, 2.75) is 64.5 Å². The summed E-state index contributed by atoms with van der Waals surface area (Å²) in [4.78, 5) is 5.65. The molecule has 18 heavy (non-hydrogen) atoms. The van der Waals surface area contributed by atoms with E-state index >= 15 is 0 Å². The van der Waals surface area contributed by atoms with Gasteiger partial charge in [-0.25, -0.2) is 0 Å². The molecule has 3 rings (SSSR count). The van der Waals surface area contributed by atoms with Crippen LogP contribution in [-0.4, -0.2) is 48.1 Å². The average molecular weight is 250 g/mol. The first-order valence-electron chi connectivity index (χ1n) is 8.24. The summed E-state index contributed by atoms with van der Waals surface area (Å²) in [6.45, 7) is 10.4. The second-order valence-corrected chi connectivity index (χ2v) is 7.02. The maximum absolute atomic E-state index is 2.87. The molecule has 1 saturated carbocycles. The van der Waals surface area contributed by atoms with E-state index in [1.807, 2.05) is 0 Å². The Morgan fingerprint density at radius 1 is 0.778 bits per heavy atom. The van der Waals surface area contributed by atoms with Gasteiger partial charge in [-0.3, -0.25) is 9.80 Å². The lowest BCUT2D eigenvalue weighted by atomic mass is 9.96. The van der Waals surface area contributed by atoms with E-state index in [4.69, 9.17) is 0 Å². The van der Waals surface area contributed by atoms with Gasteiger partial charge in [0.15, 0.2) is 0 Å². The summed E-state index contributed by atoms with van der Waals surface area (Å²) < 4.78 is 0. The quantitative estimate of drug-likeness (QED) is 0.706. The van der Waals surface area contributed by atoms with Gasteiger partial charge in [0.2, 0.25) is 0 Å². The zero-order valence-electron chi connectivity index (χ0n) is 12.3. The lowest BCUT2D eigenvalue weighted by Gasteiger charge is -2.38. The van der Waals surface area contributed by atoms with E-state index < -0.39 is 0 Å². The van der Waals surface area contributed by atoms with E-state index in [2.05, 4.69) is 23.6 Å². The molecule has 0 aromatic rings. The normalized spacial score (nSPS) is 43.7. The van der Waals surface area contributed by atoms with E-state index in [9.17, 15) is 0 Å². The molecule has 0 amide bonds. The molecule has 2 aliphatic heterocycles. The van der Waals surface area contributed by atoms with E-state index in [1.54, 1.807) is 0 Å². The largest absolute Gasteiger partial charge is 0.299 e. The van der Waals surface area contributed by atoms with Crippen LogP contribution in [0.3, 0.4) is 0 Å². The van der Waals surface area contributed by atoms with Gasteiger partial charge in [-0.15, -0.1) is 0 Å². The molecule has 4 atom stereocenters. The average Bonchev–Trinajstić information content (AvgIpc) is 2.62. The van der Waals surface area contributed by atoms with Crippen LogP contribution < -0.4 is 0 Å². The Hall–Kier alpha value is -0.0800. The van der Waals surface area contributed by atoms with Crippen LogP contribution in [0, 0.1) is 11.8 Å². The fourth-order valence-electron chi connectivity index (χ4n) is 4.56. The fraction of sp³-hybridized carbons (Fsp3) is 1.00. The van der Waals surface area contributed by atoms with Crippen LogP contribution in [0.4, 0.5) is 0 Å². The van der Waals surface area contributed by atoms with Crippen LogP contribution in [-0.2, 0) is 0 Å². The number of hydrogen-bond acceptors (Lipinski definition) is 2. The van der Waals surface area contributed by atoms with Crippen LogP contribution in [0.25, 0.3) is 0 Å². The van der Waals surface area contributed by atoms with Crippen molar-refractivity contribution in [2.75, 3.05) is 26.2 Å². The lowest BCUT2D eigenvalue weighted by Crippen LogP contribution is -2.47. The van der Waals surface area contributed by atoms with Gasteiger partial charge in [0, 0.05) is 18.6 Å². The van der Waals surface area contributed by atoms with E-state index in [-0.39, 0.29) is 0 Å². The maximum atomic E-state index is 2.87. The summed E-state index contributed by atoms with van der Waals surface area (Å²) in [5.74, 6) is 1.86. The minimum absolute atomic E-state index is 0.879. The number of fused-ring (bicyclic) bond motifs is 1. The third-order valence-corrected chi connectivity index (χ3v) is 5.98. The third kappa shape index (κ3) is 2.46. The van der Waals surface area contributed by atoms with Gasteiger partial charge >= 0.3 is 0 Å². The highest BCUT2D eigenvalue weighted by atomic mass is 15.3. The van der Waals surface area contributed by atoms with Gasteiger partial charge in [-0.2, -0.15) is 0 Å². The van der Waals surface area contributed by atoms with Gasteiger partial charge < -0.3 is 0 Å². The molecule has 2 heterocycles. The van der Waals surface area contributed by atoms with E-state index in [1.165, 1.54) is 64.7 Å². The first-order chi connectivity index (χ1) is 8.75. The van der Waals surface area contributed by atoms with Crippen LogP contribution in [0.15, 0.2) is 0 Å². The summed E-state index contributed by atoms with van der Waals surface area (Å²) in [5.41, 5.74) is 0. The van der Waals surface area contributed by atoms with Crippen molar-refractivity contribution in [3.05, 3.63) is 0 Å². The predicted molar refractivity (Wildman–Crippen MR) is 76.8 cm³/mol. The number of rotatable bonds is 1. The smallest absolute Gasteiger partial charge is 0.0223 e. The van der Waals surface area contributed by atoms with Crippen molar-refractivity contribution < 1.29 is 0 Å². The Bertz CT molecular complexity index is 278. The number of nitrogens with zero attached hydrogens (tertiary/aromatic N) is 2. The van der Waals surface area contributed by atoms with Gasteiger partial charge in [0.25, 0.3) is 0 Å². The molecule has 3 aliphatic rings. The van der Waals surface area contributed by atoms with Crippen molar-refractivity contribution in [3.8, 4) is 0 Å². The molecule has 0 radical (unpaired) electrons.